The standard InChI is InChI=1S/C8H6ClN3OS/c9-4-2-5-6(14-8(11)12-5)1-3(4)7(10)13/h1-2H,(H2,10,13)(H2,11,12). The van der Waals surface area contributed by atoms with Gasteiger partial charge >= 0.3 is 0 Å². The van der Waals surface area contributed by atoms with Crippen molar-refractivity contribution in [1.82, 2.24) is 4.98 Å². The second-order valence-corrected chi connectivity index (χ2v) is 4.19. The smallest absolute Gasteiger partial charge is 0.250 e. The van der Waals surface area contributed by atoms with Crippen LogP contribution in [0.3, 0.4) is 0 Å². The number of hydrogen-bond donors (Lipinski definition) is 2. The molecule has 72 valence electrons. The number of fused-ring (bicyclic) bond motifs is 1. The highest BCUT2D eigenvalue weighted by Gasteiger charge is 2.10. The van der Waals surface area contributed by atoms with Gasteiger partial charge in [-0.1, -0.05) is 22.9 Å². The molecule has 0 saturated heterocycles. The van der Waals surface area contributed by atoms with E-state index in [0.29, 0.717) is 21.2 Å². The molecule has 14 heavy (non-hydrogen) atoms. The highest BCUT2D eigenvalue weighted by Crippen LogP contribution is 2.28. The topological polar surface area (TPSA) is 82.0 Å². The van der Waals surface area contributed by atoms with Gasteiger partial charge in [-0.3, -0.25) is 4.79 Å². The molecular weight excluding hydrogens is 222 g/mol. The van der Waals surface area contributed by atoms with Crippen LogP contribution < -0.4 is 11.5 Å². The van der Waals surface area contributed by atoms with E-state index in [2.05, 4.69) is 4.98 Å². The lowest BCUT2D eigenvalue weighted by Gasteiger charge is -1.97. The average molecular weight is 228 g/mol. The van der Waals surface area contributed by atoms with Gasteiger partial charge in [0.25, 0.3) is 0 Å². The fourth-order valence-corrected chi connectivity index (χ4v) is 2.16. The van der Waals surface area contributed by atoms with Crippen LogP contribution in [0.1, 0.15) is 10.4 Å². The molecule has 0 saturated carbocycles. The summed E-state index contributed by atoms with van der Waals surface area (Å²) in [5.74, 6) is -0.552. The minimum Gasteiger partial charge on any atom is -0.375 e. The number of carbonyl (C=O) groups is 1. The Morgan fingerprint density at radius 3 is 2.86 bits per heavy atom. The van der Waals surface area contributed by atoms with E-state index in [1.165, 1.54) is 11.3 Å². The largest absolute Gasteiger partial charge is 0.375 e. The molecule has 0 aliphatic carbocycles. The van der Waals surface area contributed by atoms with Crippen LogP contribution in [-0.2, 0) is 0 Å². The van der Waals surface area contributed by atoms with Crippen LogP contribution in [0.15, 0.2) is 12.1 Å². The molecule has 0 atom stereocenters. The Hall–Kier alpha value is -1.33. The zero-order chi connectivity index (χ0) is 10.3. The summed E-state index contributed by atoms with van der Waals surface area (Å²) in [5.41, 5.74) is 11.6. The highest BCUT2D eigenvalue weighted by atomic mass is 35.5. The lowest BCUT2D eigenvalue weighted by atomic mass is 10.2. The van der Waals surface area contributed by atoms with Gasteiger partial charge in [0.15, 0.2) is 5.13 Å². The summed E-state index contributed by atoms with van der Waals surface area (Å²) in [5, 5.41) is 0.744. The zero-order valence-corrected chi connectivity index (χ0v) is 8.52. The number of aromatic nitrogens is 1. The summed E-state index contributed by atoms with van der Waals surface area (Å²) >= 11 is 7.12. The van der Waals surface area contributed by atoms with Crippen molar-refractivity contribution >= 4 is 44.2 Å². The molecule has 1 heterocycles. The first kappa shape index (κ1) is 9.23. The van der Waals surface area contributed by atoms with Gasteiger partial charge in [-0.15, -0.1) is 0 Å². The zero-order valence-electron chi connectivity index (χ0n) is 6.95. The van der Waals surface area contributed by atoms with Crippen molar-refractivity contribution in [1.29, 1.82) is 0 Å². The number of primary amides is 1. The van der Waals surface area contributed by atoms with Crippen LogP contribution >= 0.6 is 22.9 Å². The number of benzene rings is 1. The lowest BCUT2D eigenvalue weighted by Crippen LogP contribution is -2.11. The Morgan fingerprint density at radius 1 is 1.50 bits per heavy atom. The predicted molar refractivity (Wildman–Crippen MR) is 57.6 cm³/mol. The van der Waals surface area contributed by atoms with Gasteiger partial charge in [0.05, 0.1) is 20.8 Å². The van der Waals surface area contributed by atoms with E-state index >= 15 is 0 Å². The van der Waals surface area contributed by atoms with Crippen molar-refractivity contribution in [3.8, 4) is 0 Å². The van der Waals surface area contributed by atoms with Crippen LogP contribution in [0.25, 0.3) is 10.2 Å². The lowest BCUT2D eigenvalue weighted by molar-refractivity contribution is 0.100. The number of hydrogen-bond acceptors (Lipinski definition) is 4. The number of halogens is 1. The minimum atomic E-state index is -0.552. The number of anilines is 1. The minimum absolute atomic E-state index is 0.294. The molecule has 4 N–H and O–H groups in total. The summed E-state index contributed by atoms with van der Waals surface area (Å²) in [6.07, 6.45) is 0. The first-order valence-corrected chi connectivity index (χ1v) is 4.93. The number of rotatable bonds is 1. The first-order valence-electron chi connectivity index (χ1n) is 3.73. The summed E-state index contributed by atoms with van der Waals surface area (Å²) in [7, 11) is 0. The summed E-state index contributed by atoms with van der Waals surface area (Å²) in [4.78, 5) is 15.0. The van der Waals surface area contributed by atoms with Crippen molar-refractivity contribution in [2.45, 2.75) is 0 Å². The van der Waals surface area contributed by atoms with E-state index in [-0.39, 0.29) is 0 Å². The van der Waals surface area contributed by atoms with Gasteiger partial charge in [0.2, 0.25) is 5.91 Å². The van der Waals surface area contributed by atoms with Gasteiger partial charge in [0.1, 0.15) is 0 Å². The summed E-state index contributed by atoms with van der Waals surface area (Å²) in [6, 6.07) is 3.19. The van der Waals surface area contributed by atoms with Crippen molar-refractivity contribution in [2.75, 3.05) is 5.73 Å². The highest BCUT2D eigenvalue weighted by molar-refractivity contribution is 7.22. The Labute approximate surface area is 88.5 Å². The van der Waals surface area contributed by atoms with Crippen molar-refractivity contribution in [2.24, 2.45) is 5.73 Å². The Morgan fingerprint density at radius 2 is 2.21 bits per heavy atom. The number of nitrogen functional groups attached to an aromatic ring is 1. The maximum atomic E-state index is 11.0. The normalized spacial score (nSPS) is 10.6. The fraction of sp³-hybridized carbons (Fsp3) is 0. The van der Waals surface area contributed by atoms with Crippen LogP contribution in [0, 0.1) is 0 Å². The van der Waals surface area contributed by atoms with Crippen LogP contribution in [0.4, 0.5) is 5.13 Å². The van der Waals surface area contributed by atoms with Gasteiger partial charge in [-0.05, 0) is 12.1 Å². The number of carbonyl (C=O) groups excluding carboxylic acids is 1. The number of amides is 1. The summed E-state index contributed by atoms with van der Waals surface area (Å²) in [6.45, 7) is 0. The quantitative estimate of drug-likeness (QED) is 0.777. The molecule has 0 spiro atoms. The average Bonchev–Trinajstić information content (AvgIpc) is 2.42. The van der Waals surface area contributed by atoms with Gasteiger partial charge in [0, 0.05) is 0 Å². The van der Waals surface area contributed by atoms with E-state index in [4.69, 9.17) is 23.1 Å². The van der Waals surface area contributed by atoms with E-state index in [1.54, 1.807) is 12.1 Å². The van der Waals surface area contributed by atoms with E-state index < -0.39 is 5.91 Å². The molecule has 0 unspecified atom stereocenters. The van der Waals surface area contributed by atoms with Crippen LogP contribution in [-0.4, -0.2) is 10.9 Å². The Bertz CT molecular complexity index is 523. The van der Waals surface area contributed by atoms with Gasteiger partial charge in [-0.2, -0.15) is 0 Å². The maximum Gasteiger partial charge on any atom is 0.250 e. The molecule has 6 heteroatoms. The molecule has 0 bridgehead atoms. The molecule has 0 aliphatic rings. The molecular formula is C8H6ClN3OS. The Kier molecular flexibility index (Phi) is 2.05. The number of thiazole rings is 1. The molecule has 1 amide bonds. The molecule has 0 aliphatic heterocycles. The van der Waals surface area contributed by atoms with Gasteiger partial charge in [-0.25, -0.2) is 4.98 Å². The molecule has 1 aromatic carbocycles. The van der Waals surface area contributed by atoms with Crippen molar-refractivity contribution < 1.29 is 4.79 Å². The predicted octanol–water partition coefficient (Wildman–Crippen LogP) is 1.63. The first-order chi connectivity index (χ1) is 6.58. The van der Waals surface area contributed by atoms with Crippen molar-refractivity contribution in [3.63, 3.8) is 0 Å². The fourth-order valence-electron chi connectivity index (χ4n) is 1.16. The van der Waals surface area contributed by atoms with Crippen molar-refractivity contribution in [3.05, 3.63) is 22.7 Å². The van der Waals surface area contributed by atoms with Crippen LogP contribution in [0.2, 0.25) is 5.02 Å². The molecule has 0 fully saturated rings. The number of nitrogens with zero attached hydrogens (tertiary/aromatic N) is 1. The third kappa shape index (κ3) is 1.40. The molecule has 2 rings (SSSR count). The van der Waals surface area contributed by atoms with Gasteiger partial charge < -0.3 is 11.5 Å². The third-order valence-corrected chi connectivity index (χ3v) is 2.92. The monoisotopic (exact) mass is 227 g/mol. The Balaban J connectivity index is 2.76. The summed E-state index contributed by atoms with van der Waals surface area (Å²) < 4.78 is 0.806. The second kappa shape index (κ2) is 3.11. The molecule has 1 aromatic heterocycles. The number of nitrogens with two attached hydrogens (primary N) is 2. The van der Waals surface area contributed by atoms with E-state index in [9.17, 15) is 4.79 Å². The third-order valence-electron chi connectivity index (χ3n) is 1.76. The molecule has 2 aromatic rings. The SMILES string of the molecule is NC(=O)c1cc2sc(N)nc2cc1Cl. The van der Waals surface area contributed by atoms with E-state index in [1.807, 2.05) is 0 Å². The van der Waals surface area contributed by atoms with Crippen LogP contribution in [0.5, 0.6) is 0 Å². The molecule has 0 radical (unpaired) electrons. The molecule has 4 nitrogen and oxygen atoms in total. The maximum absolute atomic E-state index is 11.0. The second-order valence-electron chi connectivity index (χ2n) is 2.72. The van der Waals surface area contributed by atoms with E-state index in [0.717, 1.165) is 4.70 Å².